The third-order valence-electron chi connectivity index (χ3n) is 4.87. The lowest BCUT2D eigenvalue weighted by Crippen LogP contribution is -2.35. The molecule has 3 aromatic carbocycles. The molecule has 0 spiro atoms. The first kappa shape index (κ1) is 27.0. The van der Waals surface area contributed by atoms with E-state index in [1.807, 2.05) is 13.8 Å². The van der Waals surface area contributed by atoms with Crippen molar-refractivity contribution in [2.75, 3.05) is 6.61 Å². The molecule has 0 radical (unpaired) electrons. The van der Waals surface area contributed by atoms with Crippen LogP contribution in [0.15, 0.2) is 71.8 Å². The van der Waals surface area contributed by atoms with Crippen molar-refractivity contribution in [3.05, 3.63) is 87.9 Å². The number of rotatable bonds is 11. The molecule has 0 heterocycles. The Balaban J connectivity index is 1.51. The molecule has 7 nitrogen and oxygen atoms in total. The molecular weight excluding hydrogens is 503 g/mol. The summed E-state index contributed by atoms with van der Waals surface area (Å²) < 4.78 is 16.6. The largest absolute Gasteiger partial charge is 0.494 e. The summed E-state index contributed by atoms with van der Waals surface area (Å²) in [6.45, 7) is 4.46. The molecule has 1 atom stereocenters. The molecule has 36 heavy (non-hydrogen) atoms. The van der Waals surface area contributed by atoms with E-state index in [0.29, 0.717) is 51.4 Å². The molecule has 0 aromatic heterocycles. The lowest BCUT2D eigenvalue weighted by molar-refractivity contribution is -0.128. The lowest BCUT2D eigenvalue weighted by atomic mass is 10.2. The van der Waals surface area contributed by atoms with Crippen LogP contribution in [0, 0.1) is 0 Å². The molecule has 1 N–H and O–H groups in total. The highest BCUT2D eigenvalue weighted by Crippen LogP contribution is 2.28. The summed E-state index contributed by atoms with van der Waals surface area (Å²) in [5.74, 6) is 0.549. The molecule has 9 heteroatoms. The van der Waals surface area contributed by atoms with Crippen LogP contribution in [0.2, 0.25) is 10.0 Å². The number of hydrogen-bond donors (Lipinski definition) is 1. The Morgan fingerprint density at radius 1 is 0.972 bits per heavy atom. The van der Waals surface area contributed by atoms with Gasteiger partial charge in [-0.2, -0.15) is 5.10 Å². The summed E-state index contributed by atoms with van der Waals surface area (Å²) in [5.41, 5.74) is 3.57. The monoisotopic (exact) mass is 528 g/mol. The van der Waals surface area contributed by atoms with E-state index in [-0.39, 0.29) is 0 Å². The number of carbonyl (C=O) groups is 2. The summed E-state index contributed by atoms with van der Waals surface area (Å²) in [5, 5.41) is 4.77. The SMILES string of the molecule is CCCOc1ccc(C(=O)Oc2ccc(/C=N/NC(=O)C(CC)Oc3ccc(Cl)cc3Cl)cc2)cc1. The summed E-state index contributed by atoms with van der Waals surface area (Å²) in [6.07, 6.45) is 2.01. The van der Waals surface area contributed by atoms with Crippen LogP contribution < -0.4 is 19.6 Å². The number of ether oxygens (including phenoxy) is 3. The van der Waals surface area contributed by atoms with Gasteiger partial charge < -0.3 is 14.2 Å². The van der Waals surface area contributed by atoms with Gasteiger partial charge in [-0.05, 0) is 85.1 Å². The lowest BCUT2D eigenvalue weighted by Gasteiger charge is -2.16. The molecule has 0 aliphatic rings. The van der Waals surface area contributed by atoms with E-state index in [1.165, 1.54) is 6.21 Å². The Hall–Kier alpha value is -3.55. The van der Waals surface area contributed by atoms with Crippen LogP contribution >= 0.6 is 23.2 Å². The molecule has 1 unspecified atom stereocenters. The number of amides is 1. The number of hydrogen-bond acceptors (Lipinski definition) is 6. The fourth-order valence-corrected chi connectivity index (χ4v) is 3.44. The smallest absolute Gasteiger partial charge is 0.343 e. The van der Waals surface area contributed by atoms with Crippen molar-refractivity contribution < 1.29 is 23.8 Å². The van der Waals surface area contributed by atoms with Gasteiger partial charge in [-0.3, -0.25) is 4.79 Å². The van der Waals surface area contributed by atoms with E-state index < -0.39 is 18.0 Å². The quantitative estimate of drug-likeness (QED) is 0.136. The first-order valence-corrected chi connectivity index (χ1v) is 12.1. The third kappa shape index (κ3) is 8.00. The molecule has 0 bridgehead atoms. The van der Waals surface area contributed by atoms with Gasteiger partial charge in [0.2, 0.25) is 0 Å². The van der Waals surface area contributed by atoms with Crippen LogP contribution in [0.25, 0.3) is 0 Å². The average Bonchev–Trinajstić information content (AvgIpc) is 2.88. The van der Waals surface area contributed by atoms with Crippen molar-refractivity contribution in [1.82, 2.24) is 5.43 Å². The predicted octanol–water partition coefficient (Wildman–Crippen LogP) is 6.31. The van der Waals surface area contributed by atoms with E-state index in [9.17, 15) is 9.59 Å². The molecule has 0 saturated carbocycles. The first-order chi connectivity index (χ1) is 17.4. The summed E-state index contributed by atoms with van der Waals surface area (Å²) >= 11 is 12.0. The van der Waals surface area contributed by atoms with Crippen LogP contribution in [0.1, 0.15) is 42.6 Å². The molecule has 1 amide bonds. The Morgan fingerprint density at radius 3 is 2.31 bits per heavy atom. The minimum atomic E-state index is -0.783. The molecule has 3 aromatic rings. The standard InChI is InChI=1S/C27H26Cl2N2O5/c1-3-15-34-21-12-7-19(8-13-21)27(33)35-22-10-5-18(6-11-22)17-30-31-26(32)24(4-2)36-25-14-9-20(28)16-23(25)29/h5-14,16-17,24H,3-4,15H2,1-2H3,(H,31,32)/b30-17+. The molecule has 0 aliphatic carbocycles. The van der Waals surface area contributed by atoms with Gasteiger partial charge in [0.1, 0.15) is 17.2 Å². The van der Waals surface area contributed by atoms with Crippen molar-refractivity contribution >= 4 is 41.3 Å². The zero-order valence-electron chi connectivity index (χ0n) is 19.9. The molecular formula is C27H26Cl2N2O5. The van der Waals surface area contributed by atoms with Crippen LogP contribution in [0.3, 0.4) is 0 Å². The number of halogens is 2. The fourth-order valence-electron chi connectivity index (χ4n) is 2.98. The maximum Gasteiger partial charge on any atom is 0.343 e. The van der Waals surface area contributed by atoms with Gasteiger partial charge in [-0.15, -0.1) is 0 Å². The minimum Gasteiger partial charge on any atom is -0.494 e. The van der Waals surface area contributed by atoms with Gasteiger partial charge in [0, 0.05) is 5.02 Å². The number of benzene rings is 3. The number of hydrazone groups is 1. The maximum absolute atomic E-state index is 12.4. The van der Waals surface area contributed by atoms with Gasteiger partial charge in [0.05, 0.1) is 23.4 Å². The number of nitrogens with one attached hydrogen (secondary N) is 1. The van der Waals surface area contributed by atoms with Crippen molar-refractivity contribution in [2.45, 2.75) is 32.8 Å². The van der Waals surface area contributed by atoms with Gasteiger partial charge in [-0.25, -0.2) is 10.2 Å². The maximum atomic E-state index is 12.4. The summed E-state index contributed by atoms with van der Waals surface area (Å²) in [6, 6.07) is 18.3. The summed E-state index contributed by atoms with van der Waals surface area (Å²) in [4.78, 5) is 24.8. The number of esters is 1. The highest BCUT2D eigenvalue weighted by molar-refractivity contribution is 6.35. The van der Waals surface area contributed by atoms with E-state index in [2.05, 4.69) is 10.5 Å². The highest BCUT2D eigenvalue weighted by atomic mass is 35.5. The molecule has 0 aliphatic heterocycles. The van der Waals surface area contributed by atoms with Gasteiger partial charge in [-0.1, -0.05) is 37.0 Å². The molecule has 3 rings (SSSR count). The van der Waals surface area contributed by atoms with Crippen LogP contribution in [-0.2, 0) is 4.79 Å². The van der Waals surface area contributed by atoms with Crippen molar-refractivity contribution in [1.29, 1.82) is 0 Å². The van der Waals surface area contributed by atoms with Crippen LogP contribution in [0.4, 0.5) is 0 Å². The van der Waals surface area contributed by atoms with E-state index in [4.69, 9.17) is 37.4 Å². The van der Waals surface area contributed by atoms with Gasteiger partial charge in [0.25, 0.3) is 5.91 Å². The van der Waals surface area contributed by atoms with Crippen molar-refractivity contribution in [3.63, 3.8) is 0 Å². The normalized spacial score (nSPS) is 11.7. The van der Waals surface area contributed by atoms with E-state index >= 15 is 0 Å². The van der Waals surface area contributed by atoms with Gasteiger partial charge >= 0.3 is 5.97 Å². The third-order valence-corrected chi connectivity index (χ3v) is 5.40. The second kappa shape index (κ2) is 13.5. The summed E-state index contributed by atoms with van der Waals surface area (Å²) in [7, 11) is 0. The highest BCUT2D eigenvalue weighted by Gasteiger charge is 2.19. The Morgan fingerprint density at radius 2 is 1.67 bits per heavy atom. The molecule has 0 saturated heterocycles. The Bertz CT molecular complexity index is 1200. The van der Waals surface area contributed by atoms with Crippen molar-refractivity contribution in [2.24, 2.45) is 5.10 Å². The first-order valence-electron chi connectivity index (χ1n) is 11.4. The topological polar surface area (TPSA) is 86.2 Å². The molecule has 188 valence electrons. The van der Waals surface area contributed by atoms with Crippen molar-refractivity contribution in [3.8, 4) is 17.2 Å². The van der Waals surface area contributed by atoms with E-state index in [0.717, 1.165) is 6.42 Å². The van der Waals surface area contributed by atoms with E-state index in [1.54, 1.807) is 66.7 Å². The second-order valence-electron chi connectivity index (χ2n) is 7.66. The Labute approximate surface area is 220 Å². The fraction of sp³-hybridized carbons (Fsp3) is 0.222. The van der Waals surface area contributed by atoms with Gasteiger partial charge in [0.15, 0.2) is 6.10 Å². The molecule has 0 fully saturated rings. The average molecular weight is 529 g/mol. The predicted molar refractivity (Wildman–Crippen MR) is 141 cm³/mol. The zero-order valence-corrected chi connectivity index (χ0v) is 21.4. The van der Waals surface area contributed by atoms with Crippen LogP contribution in [-0.4, -0.2) is 30.8 Å². The zero-order chi connectivity index (χ0) is 25.9. The minimum absolute atomic E-state index is 0.316. The number of nitrogens with zero attached hydrogens (tertiary/aromatic N) is 1. The Kier molecular flexibility index (Phi) is 10.2. The second-order valence-corrected chi connectivity index (χ2v) is 8.50. The van der Waals surface area contributed by atoms with Crippen LogP contribution in [0.5, 0.6) is 17.2 Å². The number of carbonyl (C=O) groups excluding carboxylic acids is 2.